The molecule has 0 radical (unpaired) electrons. The molecule has 27 heavy (non-hydrogen) atoms. The van der Waals surface area contributed by atoms with Gasteiger partial charge in [0.15, 0.2) is 0 Å². The van der Waals surface area contributed by atoms with Gasteiger partial charge in [0.05, 0.1) is 11.8 Å². The van der Waals surface area contributed by atoms with Gasteiger partial charge in [-0.1, -0.05) is 12.2 Å². The first kappa shape index (κ1) is 17.8. The predicted molar refractivity (Wildman–Crippen MR) is 103 cm³/mol. The second kappa shape index (κ2) is 7.55. The minimum atomic E-state index is -0.339. The number of carbonyl (C=O) groups is 3. The van der Waals surface area contributed by atoms with Crippen molar-refractivity contribution in [3.8, 4) is 0 Å². The summed E-state index contributed by atoms with van der Waals surface area (Å²) in [5.41, 5.74) is 1.84. The summed E-state index contributed by atoms with van der Waals surface area (Å²) in [4.78, 5) is 40.7. The van der Waals surface area contributed by atoms with Crippen LogP contribution in [0.25, 0.3) is 0 Å². The molecule has 3 aliphatic rings. The normalized spacial score (nSPS) is 24.9. The third kappa shape index (κ3) is 3.61. The van der Waals surface area contributed by atoms with Crippen molar-refractivity contribution in [1.29, 1.82) is 0 Å². The molecule has 2 saturated heterocycles. The zero-order chi connectivity index (χ0) is 18.8. The molecule has 1 aliphatic carbocycles. The van der Waals surface area contributed by atoms with Gasteiger partial charge >= 0.3 is 0 Å². The second-order valence-electron chi connectivity index (χ2n) is 7.56. The monoisotopic (exact) mass is 367 g/mol. The number of imide groups is 1. The van der Waals surface area contributed by atoms with E-state index in [1.807, 2.05) is 36.4 Å². The van der Waals surface area contributed by atoms with Gasteiger partial charge in [0.1, 0.15) is 6.54 Å². The summed E-state index contributed by atoms with van der Waals surface area (Å²) in [7, 11) is 0. The Labute approximate surface area is 159 Å². The summed E-state index contributed by atoms with van der Waals surface area (Å²) in [6.07, 6.45) is 8.79. The molecule has 0 unspecified atom stereocenters. The lowest BCUT2D eigenvalue weighted by molar-refractivity contribution is -0.142. The summed E-state index contributed by atoms with van der Waals surface area (Å²) in [6.45, 7) is 1.93. The fourth-order valence-electron chi connectivity index (χ4n) is 4.28. The molecule has 3 amide bonds. The van der Waals surface area contributed by atoms with E-state index in [1.54, 1.807) is 0 Å². The summed E-state index contributed by atoms with van der Waals surface area (Å²) in [5.74, 6) is -1.36. The number of rotatable bonds is 4. The van der Waals surface area contributed by atoms with Crippen LogP contribution in [-0.4, -0.2) is 42.3 Å². The van der Waals surface area contributed by atoms with Gasteiger partial charge in [0.2, 0.25) is 17.7 Å². The topological polar surface area (TPSA) is 69.7 Å². The molecule has 0 aromatic heterocycles. The lowest BCUT2D eigenvalue weighted by Gasteiger charge is -2.28. The van der Waals surface area contributed by atoms with Crippen LogP contribution in [0.2, 0.25) is 0 Å². The predicted octanol–water partition coefficient (Wildman–Crippen LogP) is 2.57. The van der Waals surface area contributed by atoms with Crippen LogP contribution in [0.1, 0.15) is 32.1 Å². The van der Waals surface area contributed by atoms with E-state index >= 15 is 0 Å². The third-order valence-electron chi connectivity index (χ3n) is 5.77. The number of benzene rings is 1. The van der Waals surface area contributed by atoms with Crippen molar-refractivity contribution >= 4 is 29.1 Å². The second-order valence-corrected chi connectivity index (χ2v) is 7.56. The molecule has 1 aromatic carbocycles. The first-order chi connectivity index (χ1) is 13.1. The Morgan fingerprint density at radius 3 is 2.11 bits per heavy atom. The lowest BCUT2D eigenvalue weighted by atomic mass is 9.85. The van der Waals surface area contributed by atoms with Gasteiger partial charge in [0, 0.05) is 24.5 Å². The third-order valence-corrected chi connectivity index (χ3v) is 5.77. The SMILES string of the molecule is O=C(CN1C(=O)[C@H]2CC=CC[C@@H]2C1=O)Nc1ccc(N2CCCCC2)cc1. The number of hydrogen-bond donors (Lipinski definition) is 1. The van der Waals surface area contributed by atoms with Crippen LogP contribution < -0.4 is 10.2 Å². The minimum absolute atomic E-state index is 0.210. The van der Waals surface area contributed by atoms with Crippen molar-refractivity contribution in [3.63, 3.8) is 0 Å². The molecule has 0 saturated carbocycles. The van der Waals surface area contributed by atoms with E-state index in [1.165, 1.54) is 19.3 Å². The highest BCUT2D eigenvalue weighted by molar-refractivity contribution is 6.08. The fraction of sp³-hybridized carbons (Fsp3) is 0.476. The molecule has 0 bridgehead atoms. The highest BCUT2D eigenvalue weighted by Crippen LogP contribution is 2.34. The highest BCUT2D eigenvalue weighted by Gasteiger charge is 2.47. The van der Waals surface area contributed by atoms with Crippen molar-refractivity contribution in [2.24, 2.45) is 11.8 Å². The Morgan fingerprint density at radius 1 is 0.926 bits per heavy atom. The smallest absolute Gasteiger partial charge is 0.244 e. The maximum absolute atomic E-state index is 12.4. The number of nitrogens with zero attached hydrogens (tertiary/aromatic N) is 2. The first-order valence-electron chi connectivity index (χ1n) is 9.78. The molecule has 6 heteroatoms. The molecule has 2 atom stereocenters. The van der Waals surface area contributed by atoms with E-state index in [4.69, 9.17) is 0 Å². The van der Waals surface area contributed by atoms with Crippen LogP contribution in [0, 0.1) is 11.8 Å². The van der Waals surface area contributed by atoms with Gasteiger partial charge in [-0.25, -0.2) is 0 Å². The zero-order valence-electron chi connectivity index (χ0n) is 15.4. The molecule has 1 aromatic rings. The maximum Gasteiger partial charge on any atom is 0.244 e. The molecular formula is C21H25N3O3. The molecule has 0 spiro atoms. The average Bonchev–Trinajstić information content (AvgIpc) is 2.94. The van der Waals surface area contributed by atoms with E-state index in [2.05, 4.69) is 10.2 Å². The van der Waals surface area contributed by atoms with Crippen LogP contribution in [0.3, 0.4) is 0 Å². The molecule has 142 valence electrons. The number of piperidine rings is 1. The Morgan fingerprint density at radius 2 is 1.52 bits per heavy atom. The van der Waals surface area contributed by atoms with Crippen LogP contribution in [-0.2, 0) is 14.4 Å². The van der Waals surface area contributed by atoms with E-state index < -0.39 is 0 Å². The van der Waals surface area contributed by atoms with Gasteiger partial charge in [-0.2, -0.15) is 0 Å². The maximum atomic E-state index is 12.4. The minimum Gasteiger partial charge on any atom is -0.372 e. The average molecular weight is 367 g/mol. The molecular weight excluding hydrogens is 342 g/mol. The van der Waals surface area contributed by atoms with Crippen LogP contribution in [0.4, 0.5) is 11.4 Å². The van der Waals surface area contributed by atoms with E-state index in [9.17, 15) is 14.4 Å². The number of hydrogen-bond acceptors (Lipinski definition) is 4. The highest BCUT2D eigenvalue weighted by atomic mass is 16.2. The number of anilines is 2. The number of carbonyl (C=O) groups excluding carboxylic acids is 3. The number of likely N-dealkylation sites (tertiary alicyclic amines) is 1. The molecule has 4 rings (SSSR count). The summed E-state index contributed by atoms with van der Waals surface area (Å²) in [6, 6.07) is 7.76. The number of nitrogens with one attached hydrogen (secondary N) is 1. The fourth-order valence-corrected chi connectivity index (χ4v) is 4.28. The molecule has 6 nitrogen and oxygen atoms in total. The van der Waals surface area contributed by atoms with Crippen LogP contribution >= 0.6 is 0 Å². The van der Waals surface area contributed by atoms with Gasteiger partial charge in [0.25, 0.3) is 0 Å². The molecule has 2 fully saturated rings. The van der Waals surface area contributed by atoms with Gasteiger partial charge < -0.3 is 10.2 Å². The largest absolute Gasteiger partial charge is 0.372 e. The number of fused-ring (bicyclic) bond motifs is 1. The molecule has 2 heterocycles. The lowest BCUT2D eigenvalue weighted by Crippen LogP contribution is -2.38. The number of allylic oxidation sites excluding steroid dienone is 2. The molecule has 2 aliphatic heterocycles. The Balaban J connectivity index is 1.35. The zero-order valence-corrected chi connectivity index (χ0v) is 15.4. The van der Waals surface area contributed by atoms with Crippen molar-refractivity contribution in [2.45, 2.75) is 32.1 Å². The quantitative estimate of drug-likeness (QED) is 0.656. The molecule has 1 N–H and O–H groups in total. The standard InChI is InChI=1S/C21H25N3O3/c25-19(14-24-20(26)17-6-2-3-7-18(17)21(24)27)22-15-8-10-16(11-9-15)23-12-4-1-5-13-23/h2-3,8-11,17-18H,1,4-7,12-14H2,(H,22,25)/t17-,18-/m0/s1. The number of amides is 3. The summed E-state index contributed by atoms with van der Waals surface area (Å²) in [5, 5.41) is 2.80. The van der Waals surface area contributed by atoms with Gasteiger partial charge in [-0.05, 0) is 56.4 Å². The summed E-state index contributed by atoms with van der Waals surface area (Å²) < 4.78 is 0. The Bertz CT molecular complexity index is 739. The van der Waals surface area contributed by atoms with Crippen molar-refractivity contribution < 1.29 is 14.4 Å². The van der Waals surface area contributed by atoms with Crippen molar-refractivity contribution in [2.75, 3.05) is 29.9 Å². The van der Waals surface area contributed by atoms with Crippen molar-refractivity contribution in [1.82, 2.24) is 4.90 Å². The van der Waals surface area contributed by atoms with Crippen LogP contribution in [0.15, 0.2) is 36.4 Å². The summed E-state index contributed by atoms with van der Waals surface area (Å²) >= 11 is 0. The van der Waals surface area contributed by atoms with E-state index in [0.717, 1.165) is 23.7 Å². The Kier molecular flexibility index (Phi) is 4.97. The Hall–Kier alpha value is -2.63. The van der Waals surface area contributed by atoms with Crippen LogP contribution in [0.5, 0.6) is 0 Å². The van der Waals surface area contributed by atoms with E-state index in [0.29, 0.717) is 18.5 Å². The van der Waals surface area contributed by atoms with E-state index in [-0.39, 0.29) is 36.1 Å². The van der Waals surface area contributed by atoms with Gasteiger partial charge in [-0.15, -0.1) is 0 Å². The van der Waals surface area contributed by atoms with Crippen molar-refractivity contribution in [3.05, 3.63) is 36.4 Å². The first-order valence-corrected chi connectivity index (χ1v) is 9.78. The van der Waals surface area contributed by atoms with Gasteiger partial charge in [-0.3, -0.25) is 19.3 Å².